The summed E-state index contributed by atoms with van der Waals surface area (Å²) >= 11 is 1.52. The van der Waals surface area contributed by atoms with E-state index in [1.807, 2.05) is 18.4 Å². The maximum atomic E-state index is 13.6. The van der Waals surface area contributed by atoms with E-state index >= 15 is 0 Å². The Morgan fingerprint density at radius 3 is 2.89 bits per heavy atom. The number of nitrogens with zero attached hydrogens (tertiary/aromatic N) is 2. The molecule has 18 heavy (non-hydrogen) atoms. The third-order valence-electron chi connectivity index (χ3n) is 2.74. The minimum absolute atomic E-state index is 0.0247. The average molecular weight is 261 g/mol. The molecular weight excluding hydrogens is 249 g/mol. The van der Waals surface area contributed by atoms with Crippen LogP contribution in [-0.2, 0) is 0 Å². The van der Waals surface area contributed by atoms with Crippen molar-refractivity contribution in [1.29, 1.82) is 5.26 Å². The maximum absolute atomic E-state index is 13.6. The molecule has 0 radical (unpaired) electrons. The Morgan fingerprint density at radius 2 is 2.28 bits per heavy atom. The summed E-state index contributed by atoms with van der Waals surface area (Å²) in [5.74, 6) is -0.373. The van der Waals surface area contributed by atoms with Gasteiger partial charge in [-0.25, -0.2) is 9.37 Å². The van der Waals surface area contributed by atoms with Crippen LogP contribution in [0.2, 0.25) is 0 Å². The molecule has 0 spiro atoms. The lowest BCUT2D eigenvalue weighted by atomic mass is 10.1. The minimum Gasteiger partial charge on any atom is -0.377 e. The molecule has 0 aliphatic rings. The van der Waals surface area contributed by atoms with Crippen LogP contribution in [0, 0.1) is 24.1 Å². The van der Waals surface area contributed by atoms with E-state index in [0.29, 0.717) is 16.8 Å². The monoisotopic (exact) mass is 261 g/mol. The zero-order valence-corrected chi connectivity index (χ0v) is 10.9. The van der Waals surface area contributed by atoms with Crippen molar-refractivity contribution < 1.29 is 4.39 Å². The van der Waals surface area contributed by atoms with Gasteiger partial charge in [-0.15, -0.1) is 11.3 Å². The van der Waals surface area contributed by atoms with Crippen LogP contribution in [0.4, 0.5) is 10.1 Å². The number of thiazole rings is 1. The quantitative estimate of drug-likeness (QED) is 0.917. The van der Waals surface area contributed by atoms with Crippen molar-refractivity contribution in [2.24, 2.45) is 0 Å². The van der Waals surface area contributed by atoms with E-state index in [1.54, 1.807) is 18.5 Å². The van der Waals surface area contributed by atoms with Gasteiger partial charge in [-0.1, -0.05) is 0 Å². The van der Waals surface area contributed by atoms with Crippen LogP contribution in [0.3, 0.4) is 0 Å². The molecule has 5 heteroatoms. The van der Waals surface area contributed by atoms with Crippen molar-refractivity contribution in [2.75, 3.05) is 5.32 Å². The van der Waals surface area contributed by atoms with Crippen molar-refractivity contribution in [2.45, 2.75) is 19.9 Å². The fraction of sp³-hybridized carbons (Fsp3) is 0.231. The molecule has 1 heterocycles. The average Bonchev–Trinajstić information content (AvgIpc) is 2.88. The Hall–Kier alpha value is -1.93. The normalized spacial score (nSPS) is 11.9. The zero-order chi connectivity index (χ0) is 13.1. The second kappa shape index (κ2) is 5.15. The van der Waals surface area contributed by atoms with Gasteiger partial charge in [0.05, 0.1) is 28.9 Å². The van der Waals surface area contributed by atoms with Crippen LogP contribution in [0.25, 0.3) is 0 Å². The van der Waals surface area contributed by atoms with Gasteiger partial charge in [-0.2, -0.15) is 5.26 Å². The number of benzene rings is 1. The summed E-state index contributed by atoms with van der Waals surface area (Å²) in [4.78, 5) is 4.20. The van der Waals surface area contributed by atoms with Crippen LogP contribution in [0.15, 0.2) is 23.0 Å². The smallest absolute Gasteiger partial charge is 0.129 e. The highest BCUT2D eigenvalue weighted by molar-refractivity contribution is 7.07. The number of hydrogen-bond donors (Lipinski definition) is 1. The highest BCUT2D eigenvalue weighted by atomic mass is 32.1. The minimum atomic E-state index is -0.373. The van der Waals surface area contributed by atoms with Gasteiger partial charge in [0.25, 0.3) is 0 Å². The van der Waals surface area contributed by atoms with Gasteiger partial charge in [0, 0.05) is 16.6 Å². The number of aromatic nitrogens is 1. The molecule has 3 nitrogen and oxygen atoms in total. The van der Waals surface area contributed by atoms with Gasteiger partial charge in [-0.3, -0.25) is 0 Å². The lowest BCUT2D eigenvalue weighted by Crippen LogP contribution is -2.09. The molecule has 0 aliphatic carbocycles. The van der Waals surface area contributed by atoms with E-state index in [0.717, 1.165) is 5.69 Å². The molecule has 1 aromatic heterocycles. The number of nitriles is 1. The highest BCUT2D eigenvalue weighted by Gasteiger charge is 2.12. The number of anilines is 1. The highest BCUT2D eigenvalue weighted by Crippen LogP contribution is 2.25. The first-order valence-electron chi connectivity index (χ1n) is 5.46. The van der Waals surface area contributed by atoms with Crippen LogP contribution >= 0.6 is 11.3 Å². The summed E-state index contributed by atoms with van der Waals surface area (Å²) < 4.78 is 13.6. The van der Waals surface area contributed by atoms with Crippen LogP contribution in [-0.4, -0.2) is 4.98 Å². The first-order chi connectivity index (χ1) is 8.61. The van der Waals surface area contributed by atoms with Gasteiger partial charge in [0.2, 0.25) is 0 Å². The molecular formula is C13H12FN3S. The summed E-state index contributed by atoms with van der Waals surface area (Å²) in [5.41, 5.74) is 4.11. The summed E-state index contributed by atoms with van der Waals surface area (Å²) in [7, 11) is 0. The summed E-state index contributed by atoms with van der Waals surface area (Å²) in [6.45, 7) is 3.64. The second-order valence-corrected chi connectivity index (χ2v) is 4.74. The molecule has 2 rings (SSSR count). The van der Waals surface area contributed by atoms with Gasteiger partial charge < -0.3 is 5.32 Å². The van der Waals surface area contributed by atoms with Crippen molar-refractivity contribution in [1.82, 2.24) is 4.98 Å². The van der Waals surface area contributed by atoms with E-state index in [-0.39, 0.29) is 11.9 Å². The number of halogens is 1. The zero-order valence-electron chi connectivity index (χ0n) is 10.1. The van der Waals surface area contributed by atoms with Crippen molar-refractivity contribution in [3.63, 3.8) is 0 Å². The summed E-state index contributed by atoms with van der Waals surface area (Å²) in [5, 5.41) is 14.0. The van der Waals surface area contributed by atoms with Gasteiger partial charge in [0.15, 0.2) is 0 Å². The molecule has 1 N–H and O–H groups in total. The largest absolute Gasteiger partial charge is 0.377 e. The predicted molar refractivity (Wildman–Crippen MR) is 70.0 cm³/mol. The third-order valence-corrected chi connectivity index (χ3v) is 3.35. The standard InChI is InChI=1S/C13H12FN3S/c1-8-11(14)3-10(5-15)4-12(8)17-9(2)13-6-18-7-16-13/h3-4,6-7,9,17H,1-2H3. The molecule has 0 fully saturated rings. The van der Waals surface area contributed by atoms with Crippen LogP contribution < -0.4 is 5.32 Å². The Bertz CT molecular complexity index is 587. The SMILES string of the molecule is Cc1c(F)cc(C#N)cc1NC(C)c1cscn1. The van der Waals surface area contributed by atoms with Crippen molar-refractivity contribution in [3.8, 4) is 6.07 Å². The summed E-state index contributed by atoms with van der Waals surface area (Å²) in [6.07, 6.45) is 0. The lowest BCUT2D eigenvalue weighted by molar-refractivity contribution is 0.618. The first kappa shape index (κ1) is 12.5. The molecule has 2 aromatic rings. The van der Waals surface area contributed by atoms with E-state index in [2.05, 4.69) is 10.3 Å². The number of rotatable bonds is 3. The van der Waals surface area contributed by atoms with Crippen molar-refractivity contribution in [3.05, 3.63) is 45.7 Å². The molecule has 92 valence electrons. The van der Waals surface area contributed by atoms with Crippen LogP contribution in [0.1, 0.15) is 29.8 Å². The fourth-order valence-electron chi connectivity index (χ4n) is 1.64. The van der Waals surface area contributed by atoms with Crippen molar-refractivity contribution >= 4 is 17.0 Å². The van der Waals surface area contributed by atoms with E-state index in [9.17, 15) is 4.39 Å². The van der Waals surface area contributed by atoms with Gasteiger partial charge in [-0.05, 0) is 26.0 Å². The number of nitrogens with one attached hydrogen (secondary N) is 1. The predicted octanol–water partition coefficient (Wildman–Crippen LogP) is 3.64. The first-order valence-corrected chi connectivity index (χ1v) is 6.41. The fourth-order valence-corrected chi connectivity index (χ4v) is 2.28. The van der Waals surface area contributed by atoms with Crippen LogP contribution in [0.5, 0.6) is 0 Å². The summed E-state index contributed by atoms with van der Waals surface area (Å²) in [6, 6.07) is 4.82. The third kappa shape index (κ3) is 2.49. The van der Waals surface area contributed by atoms with Gasteiger partial charge >= 0.3 is 0 Å². The molecule has 0 saturated carbocycles. The molecule has 0 amide bonds. The Labute approximate surface area is 109 Å². The van der Waals surface area contributed by atoms with E-state index in [1.165, 1.54) is 17.4 Å². The molecule has 1 unspecified atom stereocenters. The molecule has 1 atom stereocenters. The lowest BCUT2D eigenvalue weighted by Gasteiger charge is -2.16. The maximum Gasteiger partial charge on any atom is 0.129 e. The van der Waals surface area contributed by atoms with Gasteiger partial charge in [0.1, 0.15) is 5.82 Å². The van der Waals surface area contributed by atoms with E-state index in [4.69, 9.17) is 5.26 Å². The molecule has 0 aliphatic heterocycles. The molecule has 0 saturated heterocycles. The Balaban J connectivity index is 2.29. The van der Waals surface area contributed by atoms with E-state index < -0.39 is 0 Å². The number of hydrogen-bond acceptors (Lipinski definition) is 4. The Morgan fingerprint density at radius 1 is 1.50 bits per heavy atom. The molecule has 0 bridgehead atoms. The molecule has 1 aromatic carbocycles. The second-order valence-electron chi connectivity index (χ2n) is 4.02. The Kier molecular flexibility index (Phi) is 3.58. The topological polar surface area (TPSA) is 48.7 Å².